The number of nitrogens with zero attached hydrogens (tertiary/aromatic N) is 2. The lowest BCUT2D eigenvalue weighted by Crippen LogP contribution is -2.44. The Morgan fingerprint density at radius 1 is 1.37 bits per heavy atom. The van der Waals surface area contributed by atoms with Crippen molar-refractivity contribution < 1.29 is 9.26 Å². The maximum absolute atomic E-state index is 6.19. The molecule has 2 N–H and O–H groups in total. The summed E-state index contributed by atoms with van der Waals surface area (Å²) in [5.74, 6) is 1.95. The molecule has 1 aliphatic carbocycles. The molecule has 5 heteroatoms. The molecule has 2 aromatic rings. The molecule has 1 fully saturated rings. The van der Waals surface area contributed by atoms with Crippen molar-refractivity contribution in [3.63, 3.8) is 0 Å². The lowest BCUT2D eigenvalue weighted by atomic mass is 9.77. The lowest BCUT2D eigenvalue weighted by molar-refractivity contribution is 0.229. The van der Waals surface area contributed by atoms with Crippen LogP contribution in [0, 0.1) is 6.92 Å². The quantitative estimate of drug-likeness (QED) is 0.916. The average molecular weight is 259 g/mol. The van der Waals surface area contributed by atoms with Gasteiger partial charge in [-0.3, -0.25) is 0 Å². The van der Waals surface area contributed by atoms with Crippen molar-refractivity contribution in [2.24, 2.45) is 5.73 Å². The normalized spacial score (nSPS) is 17.0. The molecule has 0 amide bonds. The van der Waals surface area contributed by atoms with Crippen molar-refractivity contribution in [3.8, 4) is 17.2 Å². The highest BCUT2D eigenvalue weighted by Gasteiger charge is 2.39. The highest BCUT2D eigenvalue weighted by atomic mass is 16.5. The zero-order valence-corrected chi connectivity index (χ0v) is 11.1. The Kier molecular flexibility index (Phi) is 2.78. The van der Waals surface area contributed by atoms with Gasteiger partial charge in [-0.2, -0.15) is 4.98 Å². The molecule has 0 unspecified atom stereocenters. The minimum Gasteiger partial charge on any atom is -0.497 e. The molecule has 0 bridgehead atoms. The van der Waals surface area contributed by atoms with E-state index in [1.54, 1.807) is 7.11 Å². The number of methoxy groups -OCH3 is 1. The fourth-order valence-electron chi connectivity index (χ4n) is 2.32. The Morgan fingerprint density at radius 3 is 2.74 bits per heavy atom. The molecule has 0 radical (unpaired) electrons. The number of hydrogen-bond donors (Lipinski definition) is 1. The smallest absolute Gasteiger partial charge is 0.258 e. The average Bonchev–Trinajstić information content (AvgIpc) is 2.85. The first-order chi connectivity index (χ1) is 9.12. The summed E-state index contributed by atoms with van der Waals surface area (Å²) in [6, 6.07) is 5.75. The second kappa shape index (κ2) is 4.35. The summed E-state index contributed by atoms with van der Waals surface area (Å²) in [6.45, 7) is 1.99. The van der Waals surface area contributed by atoms with Gasteiger partial charge in [0.1, 0.15) is 5.75 Å². The zero-order valence-electron chi connectivity index (χ0n) is 11.1. The topological polar surface area (TPSA) is 74.2 Å². The van der Waals surface area contributed by atoms with Crippen LogP contribution < -0.4 is 10.5 Å². The SMILES string of the molecule is COc1ccc(-c2nc(C3(N)CCC3)no2)c(C)c1. The van der Waals surface area contributed by atoms with Gasteiger partial charge < -0.3 is 15.0 Å². The first-order valence-electron chi connectivity index (χ1n) is 6.40. The Hall–Kier alpha value is -1.88. The third-order valence-corrected chi connectivity index (χ3v) is 3.78. The number of nitrogens with two attached hydrogens (primary N) is 1. The molecule has 1 aromatic heterocycles. The van der Waals surface area contributed by atoms with E-state index in [1.807, 2.05) is 25.1 Å². The van der Waals surface area contributed by atoms with Gasteiger partial charge in [-0.05, 0) is 49.9 Å². The van der Waals surface area contributed by atoms with Crippen LogP contribution in [0.5, 0.6) is 5.75 Å². The predicted molar refractivity (Wildman–Crippen MR) is 70.7 cm³/mol. The molecule has 0 spiro atoms. The van der Waals surface area contributed by atoms with E-state index in [4.69, 9.17) is 15.0 Å². The molecule has 1 aliphatic rings. The monoisotopic (exact) mass is 259 g/mol. The molecule has 100 valence electrons. The second-order valence-corrected chi connectivity index (χ2v) is 5.11. The van der Waals surface area contributed by atoms with E-state index in [9.17, 15) is 0 Å². The highest BCUT2D eigenvalue weighted by Crippen LogP contribution is 2.38. The predicted octanol–water partition coefficient (Wildman–Crippen LogP) is 2.39. The largest absolute Gasteiger partial charge is 0.497 e. The summed E-state index contributed by atoms with van der Waals surface area (Å²) < 4.78 is 10.5. The number of aromatic nitrogens is 2. The van der Waals surface area contributed by atoms with Crippen LogP contribution in [-0.2, 0) is 5.54 Å². The van der Waals surface area contributed by atoms with Crippen molar-refractivity contribution in [1.82, 2.24) is 10.1 Å². The van der Waals surface area contributed by atoms with Gasteiger partial charge in [0.15, 0.2) is 5.82 Å². The maximum Gasteiger partial charge on any atom is 0.258 e. The summed E-state index contributed by atoms with van der Waals surface area (Å²) in [7, 11) is 1.65. The summed E-state index contributed by atoms with van der Waals surface area (Å²) in [6.07, 6.45) is 2.98. The van der Waals surface area contributed by atoms with E-state index in [0.717, 1.165) is 36.1 Å². The molecule has 1 heterocycles. The van der Waals surface area contributed by atoms with Crippen molar-refractivity contribution in [3.05, 3.63) is 29.6 Å². The Balaban J connectivity index is 1.94. The van der Waals surface area contributed by atoms with Gasteiger partial charge in [0.25, 0.3) is 5.89 Å². The lowest BCUT2D eigenvalue weighted by Gasteiger charge is -2.34. The highest BCUT2D eigenvalue weighted by molar-refractivity contribution is 5.60. The van der Waals surface area contributed by atoms with Crippen molar-refractivity contribution in [1.29, 1.82) is 0 Å². The third-order valence-electron chi connectivity index (χ3n) is 3.78. The van der Waals surface area contributed by atoms with Crippen LogP contribution in [0.25, 0.3) is 11.5 Å². The Labute approximate surface area is 111 Å². The van der Waals surface area contributed by atoms with Gasteiger partial charge in [0.05, 0.1) is 12.6 Å². The van der Waals surface area contributed by atoms with E-state index < -0.39 is 0 Å². The van der Waals surface area contributed by atoms with Crippen LogP contribution in [0.15, 0.2) is 22.7 Å². The molecule has 1 aromatic carbocycles. The Morgan fingerprint density at radius 2 is 2.16 bits per heavy atom. The van der Waals surface area contributed by atoms with Crippen LogP contribution >= 0.6 is 0 Å². The fraction of sp³-hybridized carbons (Fsp3) is 0.429. The van der Waals surface area contributed by atoms with E-state index in [1.165, 1.54) is 0 Å². The molecule has 0 saturated heterocycles. The summed E-state index contributed by atoms with van der Waals surface area (Å²) in [5.41, 5.74) is 7.76. The van der Waals surface area contributed by atoms with Gasteiger partial charge in [0.2, 0.25) is 0 Å². The van der Waals surface area contributed by atoms with E-state index in [2.05, 4.69) is 10.1 Å². The van der Waals surface area contributed by atoms with Gasteiger partial charge >= 0.3 is 0 Å². The summed E-state index contributed by atoms with van der Waals surface area (Å²) in [4.78, 5) is 4.45. The molecule has 19 heavy (non-hydrogen) atoms. The standard InChI is InChI=1S/C14H17N3O2/c1-9-8-10(18-2)4-5-11(9)12-16-13(17-19-12)14(15)6-3-7-14/h4-5,8H,3,6-7,15H2,1-2H3. The van der Waals surface area contributed by atoms with Gasteiger partial charge in [0, 0.05) is 5.56 Å². The fourth-order valence-corrected chi connectivity index (χ4v) is 2.32. The van der Waals surface area contributed by atoms with E-state index >= 15 is 0 Å². The van der Waals surface area contributed by atoms with Crippen LogP contribution in [0.2, 0.25) is 0 Å². The van der Waals surface area contributed by atoms with E-state index in [-0.39, 0.29) is 5.54 Å². The third kappa shape index (κ3) is 2.00. The number of aryl methyl sites for hydroxylation is 1. The molecular weight excluding hydrogens is 242 g/mol. The van der Waals surface area contributed by atoms with Crippen molar-refractivity contribution in [2.45, 2.75) is 31.7 Å². The molecule has 0 atom stereocenters. The number of ether oxygens (including phenoxy) is 1. The summed E-state index contributed by atoms with van der Waals surface area (Å²) >= 11 is 0. The van der Waals surface area contributed by atoms with Gasteiger partial charge in [-0.15, -0.1) is 0 Å². The van der Waals surface area contributed by atoms with Crippen molar-refractivity contribution in [2.75, 3.05) is 7.11 Å². The second-order valence-electron chi connectivity index (χ2n) is 5.11. The van der Waals surface area contributed by atoms with Gasteiger partial charge in [-0.25, -0.2) is 0 Å². The van der Waals surface area contributed by atoms with Crippen LogP contribution in [-0.4, -0.2) is 17.3 Å². The first-order valence-corrected chi connectivity index (χ1v) is 6.40. The van der Waals surface area contributed by atoms with Crippen molar-refractivity contribution >= 4 is 0 Å². The Bertz CT molecular complexity index is 602. The molecule has 5 nitrogen and oxygen atoms in total. The zero-order chi connectivity index (χ0) is 13.5. The minimum absolute atomic E-state index is 0.387. The van der Waals surface area contributed by atoms with E-state index in [0.29, 0.717) is 11.7 Å². The number of rotatable bonds is 3. The number of benzene rings is 1. The maximum atomic E-state index is 6.19. The van der Waals surface area contributed by atoms with Gasteiger partial charge in [-0.1, -0.05) is 5.16 Å². The molecule has 3 rings (SSSR count). The molecule has 1 saturated carbocycles. The first kappa shape index (κ1) is 12.2. The molecular formula is C14H17N3O2. The van der Waals surface area contributed by atoms with Crippen LogP contribution in [0.3, 0.4) is 0 Å². The van der Waals surface area contributed by atoms with Crippen LogP contribution in [0.1, 0.15) is 30.7 Å². The van der Waals surface area contributed by atoms with Crippen LogP contribution in [0.4, 0.5) is 0 Å². The summed E-state index contributed by atoms with van der Waals surface area (Å²) in [5, 5.41) is 4.03. The number of hydrogen-bond acceptors (Lipinski definition) is 5. The minimum atomic E-state index is -0.387. The molecule has 0 aliphatic heterocycles.